The van der Waals surface area contributed by atoms with E-state index in [2.05, 4.69) is 15.6 Å². The van der Waals surface area contributed by atoms with E-state index in [0.29, 0.717) is 49.3 Å². The van der Waals surface area contributed by atoms with Gasteiger partial charge < -0.3 is 20.0 Å². The summed E-state index contributed by atoms with van der Waals surface area (Å²) in [7, 11) is -3.87. The number of oxazole rings is 1. The summed E-state index contributed by atoms with van der Waals surface area (Å²) >= 11 is 0. The number of para-hydroxylation sites is 2. The lowest BCUT2D eigenvalue weighted by molar-refractivity contribution is -0.130. The van der Waals surface area contributed by atoms with Gasteiger partial charge in [0.2, 0.25) is 0 Å². The first-order valence-electron chi connectivity index (χ1n) is 13.5. The minimum atomic E-state index is -3.87. The second-order valence-electron chi connectivity index (χ2n) is 9.77. The summed E-state index contributed by atoms with van der Waals surface area (Å²) < 4.78 is 32.1. The smallest absolute Gasteiger partial charge is 0.318 e. The summed E-state index contributed by atoms with van der Waals surface area (Å²) in [6, 6.07) is 13.4. The molecule has 1 unspecified atom stereocenters. The van der Waals surface area contributed by atoms with Gasteiger partial charge in [-0.15, -0.1) is 0 Å². The summed E-state index contributed by atoms with van der Waals surface area (Å²) in [6.45, 7) is 4.00. The Labute approximate surface area is 233 Å². The second-order valence-corrected chi connectivity index (χ2v) is 11.9. The Kier molecular flexibility index (Phi) is 9.88. The predicted molar refractivity (Wildman–Crippen MR) is 150 cm³/mol. The number of rotatable bonds is 11. The number of imide groups is 1. The Bertz CT molecular complexity index is 1390. The first-order valence-corrected chi connectivity index (χ1v) is 15.3. The third-order valence-electron chi connectivity index (χ3n) is 6.62. The van der Waals surface area contributed by atoms with Crippen molar-refractivity contribution in [2.75, 3.05) is 38.5 Å². The van der Waals surface area contributed by atoms with Crippen LogP contribution >= 0.6 is 0 Å². The van der Waals surface area contributed by atoms with Gasteiger partial charge in [-0.1, -0.05) is 62.2 Å². The number of urea groups is 1. The van der Waals surface area contributed by atoms with Crippen LogP contribution in [0.4, 0.5) is 4.79 Å². The Hall–Kier alpha value is -3.77. The molecule has 214 valence electrons. The number of piperazine rings is 1. The lowest BCUT2D eigenvalue weighted by Gasteiger charge is -2.31. The second kappa shape index (κ2) is 13.5. The van der Waals surface area contributed by atoms with E-state index in [4.69, 9.17) is 4.42 Å². The highest BCUT2D eigenvalue weighted by molar-refractivity contribution is 7.90. The predicted octanol–water partition coefficient (Wildman–Crippen LogP) is 2.59. The molecule has 0 saturated carbocycles. The van der Waals surface area contributed by atoms with Crippen LogP contribution in [0.3, 0.4) is 0 Å². The summed E-state index contributed by atoms with van der Waals surface area (Å²) in [5, 5.41) is 5.77. The topological polar surface area (TPSA) is 142 Å². The standard InChI is InChI=1S/C28H35N5O6S/c1-2-3-9-16-33(27(35)25-30-22-12-7-8-13-24(22)39-25)26(34)23(31-28(36)32-17-14-29-15-18-32)20-40(37,38)19-21-10-5-4-6-11-21/h4-8,10-13,23,29H,2-3,9,14-20H2,1H3,(H,31,36). The number of unbranched alkanes of at least 4 members (excludes halogenated alkanes) is 2. The van der Waals surface area contributed by atoms with E-state index in [9.17, 15) is 22.8 Å². The molecular weight excluding hydrogens is 534 g/mol. The molecule has 1 atom stereocenters. The average molecular weight is 570 g/mol. The number of hydrogen-bond acceptors (Lipinski definition) is 8. The molecule has 1 aliphatic heterocycles. The monoisotopic (exact) mass is 569 g/mol. The maximum atomic E-state index is 13.9. The highest BCUT2D eigenvalue weighted by Crippen LogP contribution is 2.18. The first kappa shape index (κ1) is 29.2. The van der Waals surface area contributed by atoms with Crippen LogP contribution in [0, 0.1) is 0 Å². The lowest BCUT2D eigenvalue weighted by atomic mass is 10.2. The quantitative estimate of drug-likeness (QED) is 0.336. The van der Waals surface area contributed by atoms with Gasteiger partial charge in [-0.05, 0) is 24.1 Å². The van der Waals surface area contributed by atoms with E-state index < -0.39 is 39.5 Å². The Morgan fingerprint density at radius 3 is 2.45 bits per heavy atom. The van der Waals surface area contributed by atoms with Crippen LogP contribution in [0.1, 0.15) is 42.4 Å². The normalized spacial score (nSPS) is 14.6. The number of sulfone groups is 1. The molecule has 2 N–H and O–H groups in total. The molecule has 0 bridgehead atoms. The minimum Gasteiger partial charge on any atom is -0.432 e. The Morgan fingerprint density at radius 1 is 1.05 bits per heavy atom. The molecule has 0 spiro atoms. The fourth-order valence-electron chi connectivity index (χ4n) is 4.52. The molecule has 3 aromatic rings. The van der Waals surface area contributed by atoms with Crippen LogP contribution < -0.4 is 10.6 Å². The van der Waals surface area contributed by atoms with Gasteiger partial charge in [0.15, 0.2) is 15.4 Å². The molecular formula is C28H35N5O6S. The van der Waals surface area contributed by atoms with Gasteiger partial charge in [-0.2, -0.15) is 0 Å². The number of fused-ring (bicyclic) bond motifs is 1. The lowest BCUT2D eigenvalue weighted by Crippen LogP contribution is -2.58. The van der Waals surface area contributed by atoms with Gasteiger partial charge in [0.05, 0.1) is 11.5 Å². The van der Waals surface area contributed by atoms with E-state index >= 15 is 0 Å². The molecule has 1 aromatic heterocycles. The van der Waals surface area contributed by atoms with Crippen molar-refractivity contribution in [2.24, 2.45) is 0 Å². The molecule has 1 fully saturated rings. The minimum absolute atomic E-state index is 0.0307. The molecule has 2 heterocycles. The van der Waals surface area contributed by atoms with Crippen LogP contribution in [0.2, 0.25) is 0 Å². The number of nitrogens with zero attached hydrogens (tertiary/aromatic N) is 3. The van der Waals surface area contributed by atoms with Crippen LogP contribution in [0.5, 0.6) is 0 Å². The van der Waals surface area contributed by atoms with Crippen molar-refractivity contribution in [1.82, 2.24) is 25.4 Å². The Balaban J connectivity index is 1.62. The van der Waals surface area contributed by atoms with Crippen molar-refractivity contribution in [2.45, 2.75) is 38.0 Å². The molecule has 1 saturated heterocycles. The van der Waals surface area contributed by atoms with Crippen LogP contribution in [-0.4, -0.2) is 85.6 Å². The first-order chi connectivity index (χ1) is 19.3. The fourth-order valence-corrected chi connectivity index (χ4v) is 6.07. The number of carbonyl (C=O) groups excluding carboxylic acids is 3. The third-order valence-corrected chi connectivity index (χ3v) is 8.24. The molecule has 0 aliphatic carbocycles. The maximum absolute atomic E-state index is 13.9. The highest BCUT2D eigenvalue weighted by Gasteiger charge is 2.36. The van der Waals surface area contributed by atoms with Crippen LogP contribution in [0.25, 0.3) is 11.1 Å². The molecule has 1 aliphatic rings. The van der Waals surface area contributed by atoms with Crippen LogP contribution in [0.15, 0.2) is 59.0 Å². The summed E-state index contributed by atoms with van der Waals surface area (Å²) in [4.78, 5) is 47.3. The maximum Gasteiger partial charge on any atom is 0.318 e. The zero-order chi connectivity index (χ0) is 28.5. The molecule has 2 aromatic carbocycles. The van der Waals surface area contributed by atoms with Crippen molar-refractivity contribution in [3.63, 3.8) is 0 Å². The van der Waals surface area contributed by atoms with E-state index in [0.717, 1.165) is 17.7 Å². The molecule has 0 radical (unpaired) electrons. The van der Waals surface area contributed by atoms with Gasteiger partial charge >= 0.3 is 11.9 Å². The molecule has 4 rings (SSSR count). The molecule has 11 nitrogen and oxygen atoms in total. The van der Waals surface area contributed by atoms with Crippen molar-refractivity contribution in [3.05, 3.63) is 66.1 Å². The average Bonchev–Trinajstić information content (AvgIpc) is 3.39. The molecule has 40 heavy (non-hydrogen) atoms. The number of nitrogens with one attached hydrogen (secondary N) is 2. The van der Waals surface area contributed by atoms with Crippen molar-refractivity contribution in [3.8, 4) is 0 Å². The zero-order valence-corrected chi connectivity index (χ0v) is 23.4. The van der Waals surface area contributed by atoms with Gasteiger partial charge in [-0.3, -0.25) is 14.5 Å². The third kappa shape index (κ3) is 7.66. The van der Waals surface area contributed by atoms with E-state index in [1.54, 1.807) is 54.6 Å². The van der Waals surface area contributed by atoms with Gasteiger partial charge in [0.25, 0.3) is 11.8 Å². The largest absolute Gasteiger partial charge is 0.432 e. The Morgan fingerprint density at radius 2 is 1.75 bits per heavy atom. The van der Waals surface area contributed by atoms with Gasteiger partial charge in [0, 0.05) is 32.7 Å². The van der Waals surface area contributed by atoms with Gasteiger partial charge in [-0.25, -0.2) is 18.2 Å². The van der Waals surface area contributed by atoms with Crippen molar-refractivity contribution >= 4 is 38.8 Å². The number of benzene rings is 2. The number of amides is 4. The molecule has 4 amide bonds. The summed E-state index contributed by atoms with van der Waals surface area (Å²) in [6.07, 6.45) is 2.09. The van der Waals surface area contributed by atoms with E-state index in [1.165, 1.54) is 4.90 Å². The summed E-state index contributed by atoms with van der Waals surface area (Å²) in [5.41, 5.74) is 1.41. The zero-order valence-electron chi connectivity index (χ0n) is 22.5. The van der Waals surface area contributed by atoms with Crippen LogP contribution in [-0.2, 0) is 20.4 Å². The number of carbonyl (C=O) groups is 3. The SMILES string of the molecule is CCCCCN(C(=O)c1nc2ccccc2o1)C(=O)C(CS(=O)(=O)Cc1ccccc1)NC(=O)N1CCNCC1. The number of hydrogen-bond donors (Lipinski definition) is 2. The van der Waals surface area contributed by atoms with E-state index in [1.807, 2.05) is 6.92 Å². The fraction of sp³-hybridized carbons (Fsp3) is 0.429. The van der Waals surface area contributed by atoms with Crippen molar-refractivity contribution in [1.29, 1.82) is 0 Å². The number of aromatic nitrogens is 1. The molecule has 12 heteroatoms. The highest BCUT2D eigenvalue weighted by atomic mass is 32.2. The summed E-state index contributed by atoms with van der Waals surface area (Å²) in [5.74, 6) is -2.84. The van der Waals surface area contributed by atoms with Gasteiger partial charge in [0.1, 0.15) is 11.6 Å². The van der Waals surface area contributed by atoms with Crippen molar-refractivity contribution < 1.29 is 27.2 Å². The van der Waals surface area contributed by atoms with E-state index in [-0.39, 0.29) is 18.2 Å².